The molecule has 1 N–H and O–H groups in total. The molecule has 0 aliphatic carbocycles. The Labute approximate surface area is 222 Å². The molecule has 0 radical (unpaired) electrons. The van der Waals surface area contributed by atoms with Gasteiger partial charge >= 0.3 is 17.9 Å². The number of hydrogen-bond donors (Lipinski definition) is 1. The summed E-state index contributed by atoms with van der Waals surface area (Å²) in [5, 5.41) is 10.1. The summed E-state index contributed by atoms with van der Waals surface area (Å²) in [6.07, 6.45) is -1.32. The van der Waals surface area contributed by atoms with Crippen molar-refractivity contribution in [3.63, 3.8) is 0 Å². The van der Waals surface area contributed by atoms with E-state index >= 15 is 0 Å². The van der Waals surface area contributed by atoms with Gasteiger partial charge in [0.05, 0.1) is 0 Å². The zero-order chi connectivity index (χ0) is 28.6. The molecule has 0 aliphatic rings. The van der Waals surface area contributed by atoms with E-state index in [1.54, 1.807) is 44.2 Å². The number of rotatable bonds is 12. The summed E-state index contributed by atoms with van der Waals surface area (Å²) in [6.45, 7) is 20.5. The van der Waals surface area contributed by atoms with Crippen LogP contribution >= 0.6 is 0 Å². The van der Waals surface area contributed by atoms with Crippen molar-refractivity contribution < 1.29 is 38.4 Å². The third-order valence-electron chi connectivity index (χ3n) is 5.06. The van der Waals surface area contributed by atoms with Gasteiger partial charge in [-0.05, 0) is 73.7 Å². The topological polar surface area (TPSA) is 108 Å². The van der Waals surface area contributed by atoms with Gasteiger partial charge in [0.1, 0.15) is 13.2 Å². The Morgan fingerprint density at radius 2 is 1.34 bits per heavy atom. The van der Waals surface area contributed by atoms with Gasteiger partial charge in [-0.25, -0.2) is 14.4 Å². The van der Waals surface area contributed by atoms with Crippen LogP contribution in [0.15, 0.2) is 85.0 Å². The SMILES string of the molecule is C=C(C)C(=O)OCc1ccc(-c2ccc(OC(O)C(=C)C)c(OC(=O)C(=C)C)c2)c(COC(=O)C(=C)C)c1. The minimum Gasteiger partial charge on any atom is -0.457 e. The van der Waals surface area contributed by atoms with E-state index in [9.17, 15) is 19.5 Å². The second-order valence-corrected chi connectivity index (χ2v) is 8.85. The van der Waals surface area contributed by atoms with Crippen molar-refractivity contribution >= 4 is 17.9 Å². The average molecular weight is 521 g/mol. The van der Waals surface area contributed by atoms with E-state index in [1.807, 2.05) is 0 Å². The highest BCUT2D eigenvalue weighted by molar-refractivity contribution is 5.89. The van der Waals surface area contributed by atoms with E-state index in [1.165, 1.54) is 19.9 Å². The maximum Gasteiger partial charge on any atom is 0.338 e. The lowest BCUT2D eigenvalue weighted by Crippen LogP contribution is -2.17. The predicted octanol–water partition coefficient (Wildman–Crippen LogP) is 5.35. The number of carbonyl (C=O) groups is 3. The Morgan fingerprint density at radius 3 is 1.89 bits per heavy atom. The number of aliphatic hydroxyl groups is 1. The molecule has 0 saturated carbocycles. The number of hydrogen-bond acceptors (Lipinski definition) is 8. The van der Waals surface area contributed by atoms with Crippen LogP contribution in [0, 0.1) is 0 Å². The lowest BCUT2D eigenvalue weighted by Gasteiger charge is -2.18. The molecule has 2 aromatic carbocycles. The highest BCUT2D eigenvalue weighted by Crippen LogP contribution is 2.36. The molecular formula is C30H32O8. The van der Waals surface area contributed by atoms with Crippen molar-refractivity contribution in [2.75, 3.05) is 0 Å². The van der Waals surface area contributed by atoms with Crippen molar-refractivity contribution in [3.8, 4) is 22.6 Å². The molecule has 8 nitrogen and oxygen atoms in total. The lowest BCUT2D eigenvalue weighted by molar-refractivity contribution is -0.140. The zero-order valence-corrected chi connectivity index (χ0v) is 22.1. The molecule has 2 rings (SSSR count). The first-order valence-corrected chi connectivity index (χ1v) is 11.6. The molecule has 8 heteroatoms. The molecule has 1 atom stereocenters. The van der Waals surface area contributed by atoms with Crippen LogP contribution < -0.4 is 9.47 Å². The van der Waals surface area contributed by atoms with Gasteiger partial charge in [-0.3, -0.25) is 0 Å². The van der Waals surface area contributed by atoms with Crippen LogP contribution in [0.2, 0.25) is 0 Å². The van der Waals surface area contributed by atoms with Gasteiger partial charge in [0.2, 0.25) is 6.29 Å². The molecule has 200 valence electrons. The summed E-state index contributed by atoms with van der Waals surface area (Å²) in [6, 6.07) is 10.0. The van der Waals surface area contributed by atoms with Crippen LogP contribution in [0.25, 0.3) is 11.1 Å². The summed E-state index contributed by atoms with van der Waals surface area (Å²) in [5.74, 6) is -1.62. The van der Waals surface area contributed by atoms with E-state index in [0.29, 0.717) is 27.8 Å². The van der Waals surface area contributed by atoms with Crippen molar-refractivity contribution in [2.24, 2.45) is 0 Å². The van der Waals surface area contributed by atoms with Crippen molar-refractivity contribution in [1.82, 2.24) is 0 Å². The van der Waals surface area contributed by atoms with Gasteiger partial charge in [0, 0.05) is 16.7 Å². The molecule has 0 aromatic heterocycles. The Balaban J connectivity index is 2.54. The van der Waals surface area contributed by atoms with E-state index in [-0.39, 0.29) is 41.4 Å². The van der Waals surface area contributed by atoms with Crippen LogP contribution in [-0.4, -0.2) is 29.3 Å². The highest BCUT2D eigenvalue weighted by Gasteiger charge is 2.18. The summed E-state index contributed by atoms with van der Waals surface area (Å²) in [7, 11) is 0. The largest absolute Gasteiger partial charge is 0.457 e. The second-order valence-electron chi connectivity index (χ2n) is 8.85. The van der Waals surface area contributed by atoms with Gasteiger partial charge in [-0.2, -0.15) is 0 Å². The monoisotopic (exact) mass is 520 g/mol. The fourth-order valence-corrected chi connectivity index (χ4v) is 2.94. The summed E-state index contributed by atoms with van der Waals surface area (Å²) in [5.41, 5.74) is 3.53. The fraction of sp³-hybridized carbons (Fsp3) is 0.233. The van der Waals surface area contributed by atoms with Crippen LogP contribution in [0.5, 0.6) is 11.5 Å². The minimum atomic E-state index is -1.32. The number of carbonyl (C=O) groups excluding carboxylic acids is 3. The summed E-state index contributed by atoms with van der Waals surface area (Å²) < 4.78 is 21.6. The fourth-order valence-electron chi connectivity index (χ4n) is 2.94. The van der Waals surface area contributed by atoms with Gasteiger partial charge in [0.15, 0.2) is 11.5 Å². The van der Waals surface area contributed by atoms with Crippen LogP contribution in [0.1, 0.15) is 38.8 Å². The molecule has 0 amide bonds. The first kappa shape index (κ1) is 29.8. The van der Waals surface area contributed by atoms with Gasteiger partial charge in [-0.1, -0.05) is 44.5 Å². The quantitative estimate of drug-likeness (QED) is 0.131. The smallest absolute Gasteiger partial charge is 0.338 e. The van der Waals surface area contributed by atoms with Crippen molar-refractivity contribution in [1.29, 1.82) is 0 Å². The summed E-state index contributed by atoms with van der Waals surface area (Å²) in [4.78, 5) is 36.2. The first-order valence-electron chi connectivity index (χ1n) is 11.6. The van der Waals surface area contributed by atoms with E-state index in [0.717, 1.165) is 0 Å². The molecule has 0 fully saturated rings. The predicted molar refractivity (Wildman–Crippen MR) is 143 cm³/mol. The molecule has 0 heterocycles. The standard InChI is InChI=1S/C30H32O8/c1-17(2)27(31)35-15-21-9-11-24(23(13-21)16-36-28(32)18(3)4)22-10-12-25(37-29(33)19(5)6)26(14-22)38-30(34)20(7)8/h9-14,29,33H,1,3,5,7,15-16H2,2,4,6,8H3. The van der Waals surface area contributed by atoms with Gasteiger partial charge in [0.25, 0.3) is 0 Å². The van der Waals surface area contributed by atoms with Gasteiger partial charge in [-0.15, -0.1) is 0 Å². The molecule has 38 heavy (non-hydrogen) atoms. The number of ether oxygens (including phenoxy) is 4. The third-order valence-corrected chi connectivity index (χ3v) is 5.06. The average Bonchev–Trinajstić information content (AvgIpc) is 2.86. The highest BCUT2D eigenvalue weighted by atomic mass is 16.6. The Morgan fingerprint density at radius 1 is 0.763 bits per heavy atom. The molecule has 0 aliphatic heterocycles. The number of benzene rings is 2. The van der Waals surface area contributed by atoms with Crippen molar-refractivity contribution in [3.05, 3.63) is 96.1 Å². The molecule has 1 unspecified atom stereocenters. The van der Waals surface area contributed by atoms with Crippen LogP contribution in [0.3, 0.4) is 0 Å². The summed E-state index contributed by atoms with van der Waals surface area (Å²) >= 11 is 0. The second kappa shape index (κ2) is 13.2. The molecule has 2 aromatic rings. The Bertz CT molecular complexity index is 1300. The molecule has 0 saturated heterocycles. The maximum absolute atomic E-state index is 12.3. The maximum atomic E-state index is 12.3. The Hall–Kier alpha value is -4.43. The van der Waals surface area contributed by atoms with Crippen molar-refractivity contribution in [2.45, 2.75) is 47.2 Å². The van der Waals surface area contributed by atoms with E-state index in [2.05, 4.69) is 26.3 Å². The molecule has 0 bridgehead atoms. The molecule has 0 spiro atoms. The molecular weight excluding hydrogens is 488 g/mol. The zero-order valence-electron chi connectivity index (χ0n) is 22.1. The Kier molecular flexibility index (Phi) is 10.4. The van der Waals surface area contributed by atoms with E-state index in [4.69, 9.17) is 18.9 Å². The minimum absolute atomic E-state index is 0.0134. The third kappa shape index (κ3) is 8.31. The number of aliphatic hydroxyl groups excluding tert-OH is 1. The van der Waals surface area contributed by atoms with Gasteiger partial charge < -0.3 is 24.1 Å². The lowest BCUT2D eigenvalue weighted by atomic mass is 9.97. The van der Waals surface area contributed by atoms with E-state index < -0.39 is 24.2 Å². The van der Waals surface area contributed by atoms with Crippen LogP contribution in [0.4, 0.5) is 0 Å². The van der Waals surface area contributed by atoms with Crippen LogP contribution in [-0.2, 0) is 37.1 Å². The number of esters is 3. The first-order chi connectivity index (χ1) is 17.8. The normalized spacial score (nSPS) is 11.1.